The summed E-state index contributed by atoms with van der Waals surface area (Å²) in [5.41, 5.74) is 0. The van der Waals surface area contributed by atoms with Gasteiger partial charge in [0.25, 0.3) is 0 Å². The molecule has 0 aromatic carbocycles. The van der Waals surface area contributed by atoms with Crippen LogP contribution in [0.1, 0.15) is 135 Å². The number of nitrogens with zero attached hydrogens (tertiary/aromatic N) is 6. The van der Waals surface area contributed by atoms with Crippen LogP contribution in [-0.2, 0) is 19.5 Å². The van der Waals surface area contributed by atoms with E-state index in [0.29, 0.717) is 24.2 Å². The second-order valence-corrected chi connectivity index (χ2v) is 15.7. The SMILES string of the molecule is C1CCC2[N-]CCCC2C1.C1CC[N-]CC1.C1C[N-]C2C(C1)CCC1CCC[N-]C12.C1C[N-]C2C(C1)CCC1CCC[N-]C12.[Ru+6]. The van der Waals surface area contributed by atoms with Crippen molar-refractivity contribution in [1.82, 2.24) is 0 Å². The Bertz CT molecular complexity index is 671. The van der Waals surface area contributed by atoms with Crippen LogP contribution in [0.4, 0.5) is 0 Å². The van der Waals surface area contributed by atoms with E-state index in [1.165, 1.54) is 135 Å². The Morgan fingerprint density at radius 2 is 0.622 bits per heavy atom. The minimum absolute atomic E-state index is 0. The molecule has 0 aromatic rings. The third-order valence-electron chi connectivity index (χ3n) is 12.8. The summed E-state index contributed by atoms with van der Waals surface area (Å²) < 4.78 is 0. The van der Waals surface area contributed by atoms with E-state index in [1.54, 1.807) is 0 Å². The first-order valence-electron chi connectivity index (χ1n) is 19.8. The summed E-state index contributed by atoms with van der Waals surface area (Å²) in [5, 5.41) is 28.2. The van der Waals surface area contributed by atoms with Crippen molar-refractivity contribution in [3.63, 3.8) is 0 Å². The predicted octanol–water partition coefficient (Wildman–Crippen LogP) is 10.4. The molecular weight excluding hydrogens is 642 g/mol. The fourth-order valence-corrected chi connectivity index (χ4v) is 10.4. The van der Waals surface area contributed by atoms with E-state index < -0.39 is 0 Å². The van der Waals surface area contributed by atoms with Gasteiger partial charge in [-0.3, -0.25) is 0 Å². The van der Waals surface area contributed by atoms with Crippen LogP contribution in [0.15, 0.2) is 0 Å². The fourth-order valence-electron chi connectivity index (χ4n) is 10.4. The average molecular weight is 708 g/mol. The summed E-state index contributed by atoms with van der Waals surface area (Å²) in [6.45, 7) is 7.85. The van der Waals surface area contributed by atoms with Gasteiger partial charge < -0.3 is 31.9 Å². The monoisotopic (exact) mass is 708 g/mol. The first kappa shape index (κ1) is 36.7. The molecule has 0 amide bonds. The van der Waals surface area contributed by atoms with Crippen molar-refractivity contribution in [2.45, 2.75) is 165 Å². The van der Waals surface area contributed by atoms with Gasteiger partial charge in [-0.15, -0.1) is 76.0 Å². The number of hydrogen-bond donors (Lipinski definition) is 0. The molecule has 10 unspecified atom stereocenters. The van der Waals surface area contributed by atoms with Crippen molar-refractivity contribution in [2.75, 3.05) is 45.8 Å². The molecule has 6 aliphatic heterocycles. The molecule has 3 saturated carbocycles. The standard InChI is InChI=1S/2C12H20N2.C9H16N.C5H10N.Ru/c2*1-3-9-5-6-10-4-2-8-14-12(10)11(9)13-7-1;1-2-6-9-8(4-1)5-3-7-10-9;1-2-4-6-5-3-1;/h2*9-12H,1-8H2;8-9H,1-7H2;1-5H2;/q2*-2;2*-1;+6. The zero-order valence-corrected chi connectivity index (χ0v) is 30.3. The predicted molar refractivity (Wildman–Crippen MR) is 188 cm³/mol. The second kappa shape index (κ2) is 20.2. The van der Waals surface area contributed by atoms with Gasteiger partial charge in [0.05, 0.1) is 0 Å². The Kier molecular flexibility index (Phi) is 16.4. The van der Waals surface area contributed by atoms with E-state index in [0.717, 1.165) is 81.4 Å². The Labute approximate surface area is 290 Å². The molecule has 256 valence electrons. The molecule has 0 spiro atoms. The smallest absolute Gasteiger partial charge is 0.662 e. The quantitative estimate of drug-likeness (QED) is 0.225. The van der Waals surface area contributed by atoms with Crippen molar-refractivity contribution in [3.8, 4) is 0 Å². The minimum atomic E-state index is 0. The molecule has 6 nitrogen and oxygen atoms in total. The summed E-state index contributed by atoms with van der Waals surface area (Å²) in [7, 11) is 0. The largest absolute Gasteiger partial charge is 6.00 e. The van der Waals surface area contributed by atoms with E-state index in [4.69, 9.17) is 21.3 Å². The van der Waals surface area contributed by atoms with Crippen LogP contribution < -0.4 is 0 Å². The van der Waals surface area contributed by atoms with Crippen LogP contribution >= 0.6 is 0 Å². The van der Waals surface area contributed by atoms with Crippen LogP contribution in [0.25, 0.3) is 31.9 Å². The minimum Gasteiger partial charge on any atom is -0.662 e. The Hall–Kier alpha value is 0.383. The molecular formula is C38H66N6Ru. The first-order chi connectivity index (χ1) is 21.9. The second-order valence-electron chi connectivity index (χ2n) is 15.7. The van der Waals surface area contributed by atoms with Crippen LogP contribution in [-0.4, -0.2) is 76.0 Å². The maximum atomic E-state index is 4.84. The summed E-state index contributed by atoms with van der Waals surface area (Å²) in [6, 6.07) is 3.29. The van der Waals surface area contributed by atoms with Gasteiger partial charge >= 0.3 is 19.5 Å². The molecule has 9 aliphatic rings. The van der Waals surface area contributed by atoms with Crippen LogP contribution in [0.5, 0.6) is 0 Å². The van der Waals surface area contributed by atoms with E-state index in [-0.39, 0.29) is 19.5 Å². The van der Waals surface area contributed by atoms with Crippen LogP contribution in [0.3, 0.4) is 0 Å². The molecule has 0 aromatic heterocycles. The Morgan fingerprint density at radius 3 is 0.978 bits per heavy atom. The molecule has 0 N–H and O–H groups in total. The van der Waals surface area contributed by atoms with Crippen LogP contribution in [0, 0.1) is 29.6 Å². The molecule has 10 atom stereocenters. The average Bonchev–Trinajstić information content (AvgIpc) is 3.13. The molecule has 6 heterocycles. The zero-order valence-electron chi connectivity index (χ0n) is 28.6. The van der Waals surface area contributed by atoms with E-state index in [9.17, 15) is 0 Å². The maximum absolute atomic E-state index is 4.84. The number of fused-ring (bicyclic) bond motifs is 7. The molecule has 9 rings (SSSR count). The molecule has 3 aliphatic carbocycles. The van der Waals surface area contributed by atoms with E-state index >= 15 is 0 Å². The molecule has 7 heteroatoms. The number of hydrogen-bond acceptors (Lipinski definition) is 0. The molecule has 45 heavy (non-hydrogen) atoms. The van der Waals surface area contributed by atoms with Crippen molar-refractivity contribution in [2.24, 2.45) is 29.6 Å². The van der Waals surface area contributed by atoms with Gasteiger partial charge in [-0.25, -0.2) is 0 Å². The van der Waals surface area contributed by atoms with Gasteiger partial charge in [0, 0.05) is 0 Å². The molecule has 0 radical (unpaired) electrons. The number of rotatable bonds is 0. The molecule has 0 bridgehead atoms. The fraction of sp³-hybridized carbons (Fsp3) is 1.00. The first-order valence-corrected chi connectivity index (χ1v) is 19.8. The normalized spacial score (nSPS) is 42.1. The van der Waals surface area contributed by atoms with E-state index in [1.807, 2.05) is 0 Å². The van der Waals surface area contributed by atoms with Gasteiger partial charge in [0.15, 0.2) is 0 Å². The van der Waals surface area contributed by atoms with Crippen molar-refractivity contribution in [3.05, 3.63) is 31.9 Å². The van der Waals surface area contributed by atoms with E-state index in [2.05, 4.69) is 10.6 Å². The van der Waals surface area contributed by atoms with Gasteiger partial charge in [-0.05, 0) is 0 Å². The van der Waals surface area contributed by atoms with Crippen molar-refractivity contribution >= 4 is 0 Å². The molecule has 9 fully saturated rings. The summed E-state index contributed by atoms with van der Waals surface area (Å²) in [6.07, 6.45) is 29.4. The van der Waals surface area contributed by atoms with Gasteiger partial charge in [0.1, 0.15) is 0 Å². The Balaban J connectivity index is 0.000000123. The van der Waals surface area contributed by atoms with Gasteiger partial charge in [0.2, 0.25) is 0 Å². The Morgan fingerprint density at radius 1 is 0.267 bits per heavy atom. The third-order valence-corrected chi connectivity index (χ3v) is 12.8. The summed E-state index contributed by atoms with van der Waals surface area (Å²) >= 11 is 0. The number of piperidine rings is 6. The maximum Gasteiger partial charge on any atom is 6.00 e. The van der Waals surface area contributed by atoms with Gasteiger partial charge in [-0.1, -0.05) is 164 Å². The summed E-state index contributed by atoms with van der Waals surface area (Å²) in [4.78, 5) is 0. The summed E-state index contributed by atoms with van der Waals surface area (Å²) in [5.74, 6) is 4.57. The topological polar surface area (TPSA) is 84.6 Å². The van der Waals surface area contributed by atoms with Gasteiger partial charge in [-0.2, -0.15) is 0 Å². The molecule has 6 saturated heterocycles. The van der Waals surface area contributed by atoms with Crippen molar-refractivity contribution in [1.29, 1.82) is 0 Å². The van der Waals surface area contributed by atoms with Crippen molar-refractivity contribution < 1.29 is 19.5 Å². The third kappa shape index (κ3) is 10.7. The zero-order chi connectivity index (χ0) is 29.8. The van der Waals surface area contributed by atoms with Crippen LogP contribution in [0.2, 0.25) is 0 Å².